The molecule has 6 heteroatoms. The summed E-state index contributed by atoms with van der Waals surface area (Å²) in [6, 6.07) is 22.0. The van der Waals surface area contributed by atoms with E-state index in [1.165, 1.54) is 34.4 Å². The zero-order valence-electron chi connectivity index (χ0n) is 22.5. The van der Waals surface area contributed by atoms with E-state index in [1.807, 2.05) is 49.6 Å². The van der Waals surface area contributed by atoms with Crippen molar-refractivity contribution in [3.63, 3.8) is 0 Å². The zero-order chi connectivity index (χ0) is 26.8. The van der Waals surface area contributed by atoms with Crippen molar-refractivity contribution >= 4 is 17.9 Å². The number of rotatable bonds is 5. The molecule has 2 heterocycles. The second-order valence-electron chi connectivity index (χ2n) is 11.4. The second-order valence-corrected chi connectivity index (χ2v) is 12.4. The fourth-order valence-electron chi connectivity index (χ4n) is 5.14. The highest BCUT2D eigenvalue weighted by Crippen LogP contribution is 2.41. The highest BCUT2D eigenvalue weighted by atomic mass is 32.2. The van der Waals surface area contributed by atoms with Gasteiger partial charge in [0, 0.05) is 37.4 Å². The molecule has 0 N–H and O–H groups in total. The van der Waals surface area contributed by atoms with Crippen LogP contribution < -0.4 is 4.74 Å². The number of nitrogens with zero attached hydrogens (tertiary/aromatic N) is 1. The first-order valence-electron chi connectivity index (χ1n) is 13.4. The molecule has 3 aromatic rings. The number of likely N-dealkylation sites (tertiary alicyclic amines) is 1. The Morgan fingerprint density at radius 1 is 0.921 bits per heavy atom. The van der Waals surface area contributed by atoms with Gasteiger partial charge in [0.25, 0.3) is 0 Å². The lowest BCUT2D eigenvalue weighted by Crippen LogP contribution is -2.52. The zero-order valence-corrected chi connectivity index (χ0v) is 23.3. The van der Waals surface area contributed by atoms with Crippen molar-refractivity contribution in [1.29, 1.82) is 0 Å². The van der Waals surface area contributed by atoms with Gasteiger partial charge in [0.15, 0.2) is 0 Å². The highest BCUT2D eigenvalue weighted by molar-refractivity contribution is 7.97. The Labute approximate surface area is 229 Å². The maximum absolute atomic E-state index is 13.1. The van der Waals surface area contributed by atoms with Crippen LogP contribution in [0.15, 0.2) is 66.7 Å². The molecule has 5 rings (SSSR count). The minimum absolute atomic E-state index is 0.191. The van der Waals surface area contributed by atoms with Crippen molar-refractivity contribution < 1.29 is 18.7 Å². The number of piperidine rings is 1. The lowest BCUT2D eigenvalue weighted by atomic mass is 9.82. The van der Waals surface area contributed by atoms with Crippen LogP contribution >= 0.6 is 11.8 Å². The number of hydrogen-bond acceptors (Lipinski definition) is 4. The van der Waals surface area contributed by atoms with Crippen molar-refractivity contribution in [3.05, 3.63) is 89.2 Å². The lowest BCUT2D eigenvalue weighted by Gasteiger charge is -2.44. The fraction of sp³-hybridized carbons (Fsp3) is 0.406. The maximum atomic E-state index is 13.1. The first kappa shape index (κ1) is 26.6. The van der Waals surface area contributed by atoms with E-state index in [9.17, 15) is 9.18 Å². The molecular formula is C32H36FNO3S. The summed E-state index contributed by atoms with van der Waals surface area (Å²) in [7, 11) is 0. The topological polar surface area (TPSA) is 38.8 Å². The van der Waals surface area contributed by atoms with Crippen molar-refractivity contribution in [2.75, 3.05) is 13.1 Å². The summed E-state index contributed by atoms with van der Waals surface area (Å²) >= 11 is 1.83. The molecule has 1 spiro atoms. The second kappa shape index (κ2) is 11.0. The number of amides is 1. The maximum Gasteiger partial charge on any atom is 0.410 e. The van der Waals surface area contributed by atoms with Gasteiger partial charge in [0.2, 0.25) is 0 Å². The van der Waals surface area contributed by atoms with Gasteiger partial charge < -0.3 is 14.4 Å². The van der Waals surface area contributed by atoms with Crippen molar-refractivity contribution in [2.45, 2.75) is 69.2 Å². The molecule has 4 nitrogen and oxygen atoms in total. The number of ether oxygens (including phenoxy) is 2. The first-order chi connectivity index (χ1) is 18.2. The predicted molar refractivity (Wildman–Crippen MR) is 152 cm³/mol. The van der Waals surface area contributed by atoms with Gasteiger partial charge in [-0.1, -0.05) is 42.5 Å². The summed E-state index contributed by atoms with van der Waals surface area (Å²) in [6.07, 6.45) is 3.37. The van der Waals surface area contributed by atoms with Gasteiger partial charge in [-0.25, -0.2) is 9.18 Å². The molecule has 1 fully saturated rings. The van der Waals surface area contributed by atoms with Crippen LogP contribution in [0.5, 0.6) is 5.75 Å². The molecule has 38 heavy (non-hydrogen) atoms. The van der Waals surface area contributed by atoms with E-state index < -0.39 is 5.60 Å². The summed E-state index contributed by atoms with van der Waals surface area (Å²) in [5.41, 5.74) is 5.40. The Bertz CT molecular complexity index is 1260. The number of carbonyl (C=O) groups excluding carboxylic acids is 1. The van der Waals surface area contributed by atoms with Crippen LogP contribution in [0.3, 0.4) is 0 Å². The highest BCUT2D eigenvalue weighted by Gasteiger charge is 2.41. The Balaban J connectivity index is 1.16. The molecule has 0 unspecified atom stereocenters. The number of fused-ring (bicyclic) bond motifs is 1. The third kappa shape index (κ3) is 6.52. The average molecular weight is 534 g/mol. The monoisotopic (exact) mass is 533 g/mol. The summed E-state index contributed by atoms with van der Waals surface area (Å²) in [5, 5.41) is 0. The van der Waals surface area contributed by atoms with Gasteiger partial charge in [-0.3, -0.25) is 0 Å². The molecule has 2 aliphatic rings. The van der Waals surface area contributed by atoms with E-state index >= 15 is 0 Å². The van der Waals surface area contributed by atoms with Gasteiger partial charge in [-0.2, -0.15) is 11.8 Å². The van der Waals surface area contributed by atoms with Crippen LogP contribution in [0.25, 0.3) is 11.1 Å². The molecule has 0 radical (unpaired) electrons. The molecule has 1 saturated heterocycles. The summed E-state index contributed by atoms with van der Waals surface area (Å²) in [6.45, 7) is 7.03. The van der Waals surface area contributed by atoms with Crippen LogP contribution in [0.4, 0.5) is 9.18 Å². The molecule has 0 atom stereocenters. The Kier molecular flexibility index (Phi) is 7.71. The number of benzene rings is 3. The summed E-state index contributed by atoms with van der Waals surface area (Å²) in [5.74, 6) is 2.57. The Hall–Kier alpha value is -2.99. The quantitative estimate of drug-likeness (QED) is 0.333. The van der Waals surface area contributed by atoms with Gasteiger partial charge in [-0.15, -0.1) is 0 Å². The largest absolute Gasteiger partial charge is 0.487 e. The van der Waals surface area contributed by atoms with Gasteiger partial charge in [0.05, 0.1) is 0 Å². The SMILES string of the molecule is CC(C)(C)OC(=O)N1CCC2(CCc3cc(-c4ccc(CSCc5ccc(F)cc5)cc4)ccc3O2)CC1. The molecule has 0 aromatic heterocycles. The third-order valence-corrected chi connectivity index (χ3v) is 8.38. The Morgan fingerprint density at radius 2 is 1.53 bits per heavy atom. The van der Waals surface area contributed by atoms with Crippen molar-refractivity contribution in [3.8, 4) is 16.9 Å². The summed E-state index contributed by atoms with van der Waals surface area (Å²) in [4.78, 5) is 14.3. The first-order valence-corrected chi connectivity index (χ1v) is 14.5. The van der Waals surface area contributed by atoms with E-state index in [-0.39, 0.29) is 17.5 Å². The van der Waals surface area contributed by atoms with Gasteiger partial charge in [-0.05, 0) is 85.7 Å². The number of aryl methyl sites for hydroxylation is 1. The number of thioether (sulfide) groups is 1. The van der Waals surface area contributed by atoms with Crippen LogP contribution in [0.1, 0.15) is 56.7 Å². The number of carbonyl (C=O) groups is 1. The van der Waals surface area contributed by atoms with E-state index in [4.69, 9.17) is 9.47 Å². The predicted octanol–water partition coefficient (Wildman–Crippen LogP) is 8.02. The minimum atomic E-state index is -0.478. The fourth-order valence-corrected chi connectivity index (χ4v) is 6.10. The lowest BCUT2D eigenvalue weighted by molar-refractivity contribution is -0.0272. The molecule has 1 amide bonds. The van der Waals surface area contributed by atoms with Crippen molar-refractivity contribution in [2.24, 2.45) is 0 Å². The van der Waals surface area contributed by atoms with Crippen LogP contribution in [0, 0.1) is 5.82 Å². The summed E-state index contributed by atoms with van der Waals surface area (Å²) < 4.78 is 25.2. The average Bonchev–Trinajstić information content (AvgIpc) is 2.89. The minimum Gasteiger partial charge on any atom is -0.487 e. The molecule has 0 aliphatic carbocycles. The standard InChI is InChI=1S/C32H36FNO3S/c1-31(2,3)37-30(35)34-18-16-32(17-19-34)15-14-27-20-26(10-13-29(27)36-32)25-8-4-23(5-9-25)21-38-22-24-6-11-28(33)12-7-24/h4-13,20H,14-19,21-22H2,1-3H3. The van der Waals surface area contributed by atoms with E-state index in [0.29, 0.717) is 13.1 Å². The molecule has 0 bridgehead atoms. The van der Waals surface area contributed by atoms with Crippen LogP contribution in [-0.4, -0.2) is 35.3 Å². The van der Waals surface area contributed by atoms with Gasteiger partial charge in [0.1, 0.15) is 22.8 Å². The molecule has 200 valence electrons. The van der Waals surface area contributed by atoms with E-state index in [0.717, 1.165) is 48.5 Å². The number of halogens is 1. The number of hydrogen-bond donors (Lipinski definition) is 0. The Morgan fingerprint density at radius 3 is 2.16 bits per heavy atom. The van der Waals surface area contributed by atoms with Crippen LogP contribution in [0.2, 0.25) is 0 Å². The molecular weight excluding hydrogens is 497 g/mol. The smallest absolute Gasteiger partial charge is 0.410 e. The normalized spacial score (nSPS) is 16.6. The van der Waals surface area contributed by atoms with Crippen LogP contribution in [-0.2, 0) is 22.7 Å². The molecule has 2 aliphatic heterocycles. The van der Waals surface area contributed by atoms with Gasteiger partial charge >= 0.3 is 6.09 Å². The van der Waals surface area contributed by atoms with E-state index in [1.54, 1.807) is 0 Å². The van der Waals surface area contributed by atoms with Crippen molar-refractivity contribution in [1.82, 2.24) is 4.90 Å². The molecule has 3 aromatic carbocycles. The van der Waals surface area contributed by atoms with E-state index in [2.05, 4.69) is 42.5 Å². The molecule has 0 saturated carbocycles. The third-order valence-electron chi connectivity index (χ3n) is 7.30.